The lowest BCUT2D eigenvalue weighted by Gasteiger charge is -2.01. The van der Waals surface area contributed by atoms with E-state index in [0.29, 0.717) is 11.0 Å². The van der Waals surface area contributed by atoms with Gasteiger partial charge in [0, 0.05) is 23.7 Å². The van der Waals surface area contributed by atoms with Crippen LogP contribution >= 0.6 is 11.3 Å². The van der Waals surface area contributed by atoms with Crippen LogP contribution in [0.4, 0.5) is 5.13 Å². The summed E-state index contributed by atoms with van der Waals surface area (Å²) in [6.07, 6.45) is 5.40. The van der Waals surface area contributed by atoms with Crippen LogP contribution in [0.5, 0.6) is 0 Å². The maximum absolute atomic E-state index is 12.1. The fraction of sp³-hybridized carbons (Fsp3) is 0.357. The zero-order chi connectivity index (χ0) is 13.2. The average Bonchev–Trinajstić information content (AvgIpc) is 3.13. The summed E-state index contributed by atoms with van der Waals surface area (Å²) in [4.78, 5) is 20.5. The Hall–Kier alpha value is -1.75. The van der Waals surface area contributed by atoms with E-state index in [1.165, 1.54) is 11.3 Å². The van der Waals surface area contributed by atoms with Gasteiger partial charge in [0.1, 0.15) is 0 Å². The second-order valence-electron chi connectivity index (χ2n) is 4.72. The highest BCUT2D eigenvalue weighted by Gasteiger charge is 2.44. The minimum Gasteiger partial charge on any atom is -0.302 e. The Morgan fingerprint density at radius 3 is 3.16 bits per heavy atom. The van der Waals surface area contributed by atoms with Gasteiger partial charge in [0.05, 0.1) is 5.69 Å². The molecule has 1 amide bonds. The Morgan fingerprint density at radius 1 is 1.58 bits per heavy atom. The minimum absolute atomic E-state index is 0.0678. The minimum atomic E-state index is 0.0678. The van der Waals surface area contributed by atoms with E-state index in [4.69, 9.17) is 0 Å². The first-order chi connectivity index (χ1) is 9.28. The third-order valence-electron chi connectivity index (χ3n) is 3.38. The number of thiazole rings is 1. The Morgan fingerprint density at radius 2 is 2.47 bits per heavy atom. The van der Waals surface area contributed by atoms with Gasteiger partial charge in [0.15, 0.2) is 5.13 Å². The van der Waals surface area contributed by atoms with Gasteiger partial charge in [-0.1, -0.05) is 13.0 Å². The van der Waals surface area contributed by atoms with Crippen molar-refractivity contribution in [1.29, 1.82) is 0 Å². The van der Waals surface area contributed by atoms with Gasteiger partial charge in [0.2, 0.25) is 5.91 Å². The molecule has 3 rings (SSSR count). The highest BCUT2D eigenvalue weighted by atomic mass is 32.1. The van der Waals surface area contributed by atoms with Crippen molar-refractivity contribution in [1.82, 2.24) is 9.97 Å². The standard InChI is InChI=1S/C14H15N3OS/c1-2-10-8-19-14(16-10)17-13(18)12-6-11(12)9-4-3-5-15-7-9/h3-5,7-8,11-12H,2,6H2,1H3,(H,16,17,18)/t11-,12+/m1/s1. The Bertz CT molecular complexity index is 581. The molecule has 1 aliphatic carbocycles. The van der Waals surface area contributed by atoms with Gasteiger partial charge in [-0.25, -0.2) is 4.98 Å². The monoisotopic (exact) mass is 273 g/mol. The van der Waals surface area contributed by atoms with Crippen molar-refractivity contribution >= 4 is 22.4 Å². The van der Waals surface area contributed by atoms with Crippen LogP contribution in [0.2, 0.25) is 0 Å². The number of carbonyl (C=O) groups excluding carboxylic acids is 1. The molecule has 0 unspecified atom stereocenters. The number of nitrogens with zero attached hydrogens (tertiary/aromatic N) is 2. The molecule has 0 spiro atoms. The Kier molecular flexibility index (Phi) is 3.29. The van der Waals surface area contributed by atoms with Gasteiger partial charge < -0.3 is 5.32 Å². The van der Waals surface area contributed by atoms with Gasteiger partial charge in [-0.05, 0) is 30.4 Å². The van der Waals surface area contributed by atoms with Crippen LogP contribution in [-0.2, 0) is 11.2 Å². The average molecular weight is 273 g/mol. The van der Waals surface area contributed by atoms with E-state index in [9.17, 15) is 4.79 Å². The Balaban J connectivity index is 1.61. The van der Waals surface area contributed by atoms with Gasteiger partial charge in [-0.15, -0.1) is 11.3 Å². The van der Waals surface area contributed by atoms with Crippen molar-refractivity contribution in [3.63, 3.8) is 0 Å². The van der Waals surface area contributed by atoms with Crippen LogP contribution in [0, 0.1) is 5.92 Å². The summed E-state index contributed by atoms with van der Waals surface area (Å²) in [5, 5.41) is 5.60. The molecule has 1 aliphatic rings. The van der Waals surface area contributed by atoms with Crippen LogP contribution < -0.4 is 5.32 Å². The van der Waals surface area contributed by atoms with E-state index in [-0.39, 0.29) is 11.8 Å². The zero-order valence-electron chi connectivity index (χ0n) is 10.7. The lowest BCUT2D eigenvalue weighted by Crippen LogP contribution is -2.14. The normalized spacial score (nSPS) is 21.1. The summed E-state index contributed by atoms with van der Waals surface area (Å²) in [6.45, 7) is 2.06. The zero-order valence-corrected chi connectivity index (χ0v) is 11.5. The predicted octanol–water partition coefficient (Wildman–Crippen LogP) is 2.84. The number of hydrogen-bond donors (Lipinski definition) is 1. The van der Waals surface area contributed by atoms with Gasteiger partial charge in [-0.3, -0.25) is 9.78 Å². The molecule has 2 aromatic rings. The molecular formula is C14H15N3OS. The molecule has 0 aromatic carbocycles. The molecule has 0 aliphatic heterocycles. The smallest absolute Gasteiger partial charge is 0.229 e. The maximum atomic E-state index is 12.1. The molecule has 0 bridgehead atoms. The third kappa shape index (κ3) is 2.66. The molecular weight excluding hydrogens is 258 g/mol. The highest BCUT2D eigenvalue weighted by molar-refractivity contribution is 7.13. The van der Waals surface area contributed by atoms with Gasteiger partial charge in [-0.2, -0.15) is 0 Å². The summed E-state index contributed by atoms with van der Waals surface area (Å²) in [5.74, 6) is 0.461. The molecule has 5 heteroatoms. The largest absolute Gasteiger partial charge is 0.302 e. The van der Waals surface area contributed by atoms with E-state index in [1.54, 1.807) is 6.20 Å². The summed E-state index contributed by atoms with van der Waals surface area (Å²) in [7, 11) is 0. The number of amides is 1. The molecule has 2 heterocycles. The number of nitrogens with one attached hydrogen (secondary N) is 1. The Labute approximate surface area is 115 Å². The predicted molar refractivity (Wildman–Crippen MR) is 75.2 cm³/mol. The van der Waals surface area contributed by atoms with Crippen molar-refractivity contribution in [2.24, 2.45) is 5.92 Å². The van der Waals surface area contributed by atoms with Crippen molar-refractivity contribution in [3.8, 4) is 0 Å². The summed E-state index contributed by atoms with van der Waals surface area (Å²) >= 11 is 1.49. The highest BCUT2D eigenvalue weighted by Crippen LogP contribution is 2.47. The topological polar surface area (TPSA) is 54.9 Å². The van der Waals surface area contributed by atoms with E-state index in [1.807, 2.05) is 23.7 Å². The summed E-state index contributed by atoms with van der Waals surface area (Å²) < 4.78 is 0. The SMILES string of the molecule is CCc1csc(NC(=O)[C@H]2C[C@@H]2c2cccnc2)n1. The molecule has 98 valence electrons. The van der Waals surface area contributed by atoms with Gasteiger partial charge >= 0.3 is 0 Å². The van der Waals surface area contributed by atoms with E-state index >= 15 is 0 Å². The molecule has 0 saturated heterocycles. The first kappa shape index (κ1) is 12.3. The molecule has 1 fully saturated rings. The lowest BCUT2D eigenvalue weighted by atomic mass is 10.1. The number of hydrogen-bond acceptors (Lipinski definition) is 4. The molecule has 2 atom stereocenters. The van der Waals surface area contributed by atoms with E-state index in [2.05, 4.69) is 22.2 Å². The molecule has 1 N–H and O–H groups in total. The van der Waals surface area contributed by atoms with Crippen LogP contribution in [0.3, 0.4) is 0 Å². The van der Waals surface area contributed by atoms with Gasteiger partial charge in [0.25, 0.3) is 0 Å². The second-order valence-corrected chi connectivity index (χ2v) is 5.58. The molecule has 4 nitrogen and oxygen atoms in total. The fourth-order valence-electron chi connectivity index (χ4n) is 2.17. The van der Waals surface area contributed by atoms with E-state index in [0.717, 1.165) is 24.1 Å². The number of rotatable bonds is 4. The van der Waals surface area contributed by atoms with Crippen LogP contribution in [0.25, 0.3) is 0 Å². The molecule has 0 radical (unpaired) electrons. The number of pyridine rings is 1. The first-order valence-corrected chi connectivity index (χ1v) is 7.31. The summed E-state index contributed by atoms with van der Waals surface area (Å²) in [6, 6.07) is 3.94. The maximum Gasteiger partial charge on any atom is 0.229 e. The number of aryl methyl sites for hydroxylation is 1. The molecule has 1 saturated carbocycles. The number of anilines is 1. The van der Waals surface area contributed by atoms with Crippen molar-refractivity contribution < 1.29 is 4.79 Å². The van der Waals surface area contributed by atoms with Crippen molar-refractivity contribution in [2.75, 3.05) is 5.32 Å². The molecule has 2 aromatic heterocycles. The van der Waals surface area contributed by atoms with Crippen molar-refractivity contribution in [3.05, 3.63) is 41.2 Å². The fourth-order valence-corrected chi connectivity index (χ4v) is 2.97. The van der Waals surface area contributed by atoms with Crippen molar-refractivity contribution in [2.45, 2.75) is 25.7 Å². The molecule has 19 heavy (non-hydrogen) atoms. The quantitative estimate of drug-likeness (QED) is 0.932. The number of carbonyl (C=O) groups is 1. The van der Waals surface area contributed by atoms with Crippen LogP contribution in [0.1, 0.15) is 30.5 Å². The lowest BCUT2D eigenvalue weighted by molar-refractivity contribution is -0.117. The van der Waals surface area contributed by atoms with E-state index < -0.39 is 0 Å². The van der Waals surface area contributed by atoms with Crippen LogP contribution in [0.15, 0.2) is 29.9 Å². The number of aromatic nitrogens is 2. The first-order valence-electron chi connectivity index (χ1n) is 6.43. The second kappa shape index (κ2) is 5.09. The van der Waals surface area contributed by atoms with Crippen LogP contribution in [-0.4, -0.2) is 15.9 Å². The third-order valence-corrected chi connectivity index (χ3v) is 4.19. The summed E-state index contributed by atoms with van der Waals surface area (Å²) in [5.41, 5.74) is 2.18.